The van der Waals surface area contributed by atoms with E-state index in [0.717, 1.165) is 12.1 Å². The lowest BCUT2D eigenvalue weighted by Crippen LogP contribution is -2.38. The zero-order valence-corrected chi connectivity index (χ0v) is 11.9. The topological polar surface area (TPSA) is 52.7 Å². The van der Waals surface area contributed by atoms with E-state index < -0.39 is 17.5 Å². The van der Waals surface area contributed by atoms with E-state index in [1.54, 1.807) is 11.9 Å². The summed E-state index contributed by atoms with van der Waals surface area (Å²) >= 11 is 0. The smallest absolute Gasteiger partial charge is 0.254 e. The SMILES string of the molecule is CNc1c(F)cc(C(=O)N2CCCN(C)C(=O)C2)cc1F. The summed E-state index contributed by atoms with van der Waals surface area (Å²) in [6.45, 7) is 0.863. The monoisotopic (exact) mass is 297 g/mol. The second-order valence-electron chi connectivity index (χ2n) is 4.96. The molecule has 0 atom stereocenters. The Balaban J connectivity index is 2.25. The first-order valence-corrected chi connectivity index (χ1v) is 6.64. The Kier molecular flexibility index (Phi) is 4.40. The van der Waals surface area contributed by atoms with Gasteiger partial charge in [0, 0.05) is 32.7 Å². The number of benzene rings is 1. The minimum atomic E-state index is -0.834. The molecule has 0 unspecified atom stereocenters. The number of halogens is 2. The standard InChI is InChI=1S/C14H17F2N3O2/c1-17-13-10(15)6-9(7-11(13)16)14(21)19-5-3-4-18(2)12(20)8-19/h6-7,17H,3-5,8H2,1-2H3. The number of amides is 2. The summed E-state index contributed by atoms with van der Waals surface area (Å²) in [6, 6.07) is 1.96. The molecule has 0 spiro atoms. The zero-order chi connectivity index (χ0) is 15.6. The molecule has 2 rings (SSSR count). The molecular formula is C14H17F2N3O2. The molecular weight excluding hydrogens is 280 g/mol. The number of hydrogen-bond donors (Lipinski definition) is 1. The van der Waals surface area contributed by atoms with Gasteiger partial charge in [0.2, 0.25) is 5.91 Å². The van der Waals surface area contributed by atoms with E-state index in [2.05, 4.69) is 5.32 Å². The molecule has 1 heterocycles. The van der Waals surface area contributed by atoms with Crippen LogP contribution >= 0.6 is 0 Å². The van der Waals surface area contributed by atoms with Gasteiger partial charge in [-0.05, 0) is 18.6 Å². The van der Waals surface area contributed by atoms with Crippen molar-refractivity contribution in [3.05, 3.63) is 29.3 Å². The number of carbonyl (C=O) groups is 2. The summed E-state index contributed by atoms with van der Waals surface area (Å²) in [5.74, 6) is -2.40. The molecule has 21 heavy (non-hydrogen) atoms. The molecule has 1 N–H and O–H groups in total. The van der Waals surface area contributed by atoms with Gasteiger partial charge in [0.1, 0.15) is 23.9 Å². The Labute approximate surface area is 121 Å². The Morgan fingerprint density at radius 2 is 1.86 bits per heavy atom. The van der Waals surface area contributed by atoms with Crippen LogP contribution < -0.4 is 5.32 Å². The molecule has 0 saturated carbocycles. The summed E-state index contributed by atoms with van der Waals surface area (Å²) < 4.78 is 27.4. The normalized spacial score (nSPS) is 15.9. The van der Waals surface area contributed by atoms with Gasteiger partial charge in [-0.15, -0.1) is 0 Å². The maximum atomic E-state index is 13.7. The maximum absolute atomic E-state index is 13.7. The molecule has 1 aliphatic rings. The number of nitrogens with zero attached hydrogens (tertiary/aromatic N) is 2. The van der Waals surface area contributed by atoms with Crippen molar-refractivity contribution in [2.45, 2.75) is 6.42 Å². The summed E-state index contributed by atoms with van der Waals surface area (Å²) in [4.78, 5) is 26.9. The van der Waals surface area contributed by atoms with Crippen LogP contribution in [0.2, 0.25) is 0 Å². The Bertz CT molecular complexity index is 554. The maximum Gasteiger partial charge on any atom is 0.254 e. The van der Waals surface area contributed by atoms with Gasteiger partial charge in [-0.25, -0.2) is 8.78 Å². The van der Waals surface area contributed by atoms with Crippen LogP contribution in [-0.4, -0.2) is 55.3 Å². The highest BCUT2D eigenvalue weighted by atomic mass is 19.1. The number of rotatable bonds is 2. The average molecular weight is 297 g/mol. The Morgan fingerprint density at radius 1 is 1.24 bits per heavy atom. The minimum absolute atomic E-state index is 0.0770. The number of likely N-dealkylation sites (N-methyl/N-ethyl adjacent to an activating group) is 1. The van der Waals surface area contributed by atoms with E-state index >= 15 is 0 Å². The molecule has 0 aliphatic carbocycles. The first-order valence-electron chi connectivity index (χ1n) is 6.64. The number of carbonyl (C=O) groups excluding carboxylic acids is 2. The van der Waals surface area contributed by atoms with Gasteiger partial charge in [-0.1, -0.05) is 0 Å². The first kappa shape index (κ1) is 15.2. The van der Waals surface area contributed by atoms with Crippen LogP contribution in [0.5, 0.6) is 0 Å². The second kappa shape index (κ2) is 6.07. The lowest BCUT2D eigenvalue weighted by Gasteiger charge is -2.20. The molecule has 114 valence electrons. The second-order valence-corrected chi connectivity index (χ2v) is 4.96. The molecule has 1 aromatic rings. The Morgan fingerprint density at radius 3 is 2.43 bits per heavy atom. The van der Waals surface area contributed by atoms with Crippen LogP contribution in [0, 0.1) is 11.6 Å². The third-order valence-corrected chi connectivity index (χ3v) is 3.50. The predicted molar refractivity (Wildman–Crippen MR) is 74.1 cm³/mol. The van der Waals surface area contributed by atoms with Crippen molar-refractivity contribution in [3.63, 3.8) is 0 Å². The fourth-order valence-electron chi connectivity index (χ4n) is 2.28. The van der Waals surface area contributed by atoms with Gasteiger partial charge in [0.05, 0.1) is 0 Å². The summed E-state index contributed by atoms with van der Waals surface area (Å²) in [5.41, 5.74) is -0.375. The van der Waals surface area contributed by atoms with Crippen molar-refractivity contribution in [1.82, 2.24) is 9.80 Å². The molecule has 0 aromatic heterocycles. The van der Waals surface area contributed by atoms with Crippen LogP contribution in [0.4, 0.5) is 14.5 Å². The van der Waals surface area contributed by atoms with Crippen LogP contribution in [0.25, 0.3) is 0 Å². The summed E-state index contributed by atoms with van der Waals surface area (Å²) in [7, 11) is 3.06. The van der Waals surface area contributed by atoms with E-state index in [0.29, 0.717) is 19.5 Å². The predicted octanol–water partition coefficient (Wildman–Crippen LogP) is 1.31. The van der Waals surface area contributed by atoms with E-state index in [1.807, 2.05) is 0 Å². The van der Waals surface area contributed by atoms with Gasteiger partial charge in [0.15, 0.2) is 0 Å². The van der Waals surface area contributed by atoms with Gasteiger partial charge in [0.25, 0.3) is 5.91 Å². The molecule has 5 nitrogen and oxygen atoms in total. The van der Waals surface area contributed by atoms with Crippen LogP contribution in [0.15, 0.2) is 12.1 Å². The zero-order valence-electron chi connectivity index (χ0n) is 11.9. The fourth-order valence-corrected chi connectivity index (χ4v) is 2.28. The van der Waals surface area contributed by atoms with Crippen molar-refractivity contribution in [3.8, 4) is 0 Å². The van der Waals surface area contributed by atoms with Gasteiger partial charge >= 0.3 is 0 Å². The first-order chi connectivity index (χ1) is 9.93. The van der Waals surface area contributed by atoms with Crippen LogP contribution in [0.3, 0.4) is 0 Å². The molecule has 0 bridgehead atoms. The van der Waals surface area contributed by atoms with Crippen molar-refractivity contribution in [2.75, 3.05) is 39.0 Å². The quantitative estimate of drug-likeness (QED) is 0.895. The van der Waals surface area contributed by atoms with E-state index in [-0.39, 0.29) is 23.7 Å². The molecule has 1 aromatic carbocycles. The van der Waals surface area contributed by atoms with Crippen molar-refractivity contribution >= 4 is 17.5 Å². The fraction of sp³-hybridized carbons (Fsp3) is 0.429. The lowest BCUT2D eigenvalue weighted by atomic mass is 10.1. The summed E-state index contributed by atoms with van der Waals surface area (Å²) in [6.07, 6.45) is 0.632. The highest BCUT2D eigenvalue weighted by molar-refractivity contribution is 5.97. The molecule has 1 saturated heterocycles. The highest BCUT2D eigenvalue weighted by Crippen LogP contribution is 2.21. The summed E-state index contributed by atoms with van der Waals surface area (Å²) in [5, 5.41) is 2.40. The third kappa shape index (κ3) is 3.12. The van der Waals surface area contributed by atoms with E-state index in [9.17, 15) is 18.4 Å². The molecule has 1 fully saturated rings. The van der Waals surface area contributed by atoms with Crippen molar-refractivity contribution in [2.24, 2.45) is 0 Å². The molecule has 2 amide bonds. The van der Waals surface area contributed by atoms with E-state index in [4.69, 9.17) is 0 Å². The number of anilines is 1. The molecule has 7 heteroatoms. The number of nitrogens with one attached hydrogen (secondary N) is 1. The average Bonchev–Trinajstić information content (AvgIpc) is 2.60. The minimum Gasteiger partial charge on any atom is -0.383 e. The van der Waals surface area contributed by atoms with Gasteiger partial charge in [-0.3, -0.25) is 9.59 Å². The lowest BCUT2D eigenvalue weighted by molar-refractivity contribution is -0.129. The molecule has 1 aliphatic heterocycles. The molecule has 0 radical (unpaired) electrons. The van der Waals surface area contributed by atoms with Gasteiger partial charge < -0.3 is 15.1 Å². The van der Waals surface area contributed by atoms with Crippen LogP contribution in [-0.2, 0) is 4.79 Å². The number of hydrogen-bond acceptors (Lipinski definition) is 3. The van der Waals surface area contributed by atoms with Gasteiger partial charge in [-0.2, -0.15) is 0 Å². The van der Waals surface area contributed by atoms with Crippen LogP contribution in [0.1, 0.15) is 16.8 Å². The third-order valence-electron chi connectivity index (χ3n) is 3.50. The van der Waals surface area contributed by atoms with Crippen molar-refractivity contribution in [1.29, 1.82) is 0 Å². The highest BCUT2D eigenvalue weighted by Gasteiger charge is 2.25. The van der Waals surface area contributed by atoms with Crippen molar-refractivity contribution < 1.29 is 18.4 Å². The Hall–Kier alpha value is -2.18. The largest absolute Gasteiger partial charge is 0.383 e. The van der Waals surface area contributed by atoms with E-state index in [1.165, 1.54) is 11.9 Å².